The average molecular weight is 237 g/mol. The van der Waals surface area contributed by atoms with Crippen LogP contribution in [0, 0.1) is 0 Å². The second-order valence-corrected chi connectivity index (χ2v) is 4.11. The number of pyridine rings is 1. The topological polar surface area (TPSA) is 12.9 Å². The molecule has 1 aliphatic carbocycles. The number of nitrogens with zero attached hydrogens (tertiary/aromatic N) is 1. The number of aromatic nitrogens is 1. The van der Waals surface area contributed by atoms with Crippen LogP contribution < -0.4 is 0 Å². The fourth-order valence-electron chi connectivity index (χ4n) is 2.19. The molecule has 1 aliphatic rings. The van der Waals surface area contributed by atoms with Gasteiger partial charge < -0.3 is 0 Å². The third-order valence-electron chi connectivity index (χ3n) is 3.11. The maximum atomic E-state index is 4.18. The van der Waals surface area contributed by atoms with Crippen LogP contribution in [0.5, 0.6) is 0 Å². The number of benzene rings is 1. The van der Waals surface area contributed by atoms with E-state index < -0.39 is 0 Å². The summed E-state index contributed by atoms with van der Waals surface area (Å²) in [5, 5.41) is 0. The monoisotopic (exact) mass is 237 g/mol. The van der Waals surface area contributed by atoms with E-state index in [0.717, 1.165) is 12.8 Å². The minimum atomic E-state index is 1.10. The van der Waals surface area contributed by atoms with Gasteiger partial charge in [-0.15, -0.1) is 0 Å². The molecule has 92 valence electrons. The minimum Gasteiger partial charge on any atom is -0.264 e. The summed E-state index contributed by atoms with van der Waals surface area (Å²) in [4.78, 5) is 4.18. The van der Waals surface area contributed by atoms with Crippen molar-refractivity contribution in [3.63, 3.8) is 0 Å². The van der Waals surface area contributed by atoms with E-state index in [0.29, 0.717) is 0 Å². The molecule has 0 spiro atoms. The van der Waals surface area contributed by atoms with E-state index in [-0.39, 0.29) is 0 Å². The van der Waals surface area contributed by atoms with Crippen LogP contribution in [0.4, 0.5) is 0 Å². The zero-order valence-electron chi connectivity index (χ0n) is 11.1. The summed E-state index contributed by atoms with van der Waals surface area (Å²) in [5.41, 5.74) is 5.40. The Morgan fingerprint density at radius 1 is 0.833 bits per heavy atom. The molecule has 1 heterocycles. The van der Waals surface area contributed by atoms with Gasteiger partial charge in [0.05, 0.1) is 0 Å². The van der Waals surface area contributed by atoms with E-state index in [1.165, 1.54) is 22.3 Å². The molecule has 0 radical (unpaired) electrons. The Morgan fingerprint density at radius 2 is 1.50 bits per heavy atom. The van der Waals surface area contributed by atoms with E-state index in [1.807, 2.05) is 26.2 Å². The van der Waals surface area contributed by atoms with Crippen molar-refractivity contribution in [1.29, 1.82) is 0 Å². The SMILES string of the molecule is C1=Cc2cnccc2CCc2ccccc21.CC. The molecule has 1 aromatic carbocycles. The summed E-state index contributed by atoms with van der Waals surface area (Å²) in [6.07, 6.45) is 10.4. The number of aryl methyl sites for hydroxylation is 2. The summed E-state index contributed by atoms with van der Waals surface area (Å²) in [6, 6.07) is 10.7. The van der Waals surface area contributed by atoms with Gasteiger partial charge >= 0.3 is 0 Å². The van der Waals surface area contributed by atoms with Gasteiger partial charge in [0.15, 0.2) is 0 Å². The highest BCUT2D eigenvalue weighted by Crippen LogP contribution is 2.21. The van der Waals surface area contributed by atoms with Crippen LogP contribution in [0.1, 0.15) is 36.1 Å². The fraction of sp³-hybridized carbons (Fsp3) is 0.235. The van der Waals surface area contributed by atoms with Crippen LogP contribution in [-0.2, 0) is 12.8 Å². The Balaban J connectivity index is 0.000000574. The smallest absolute Gasteiger partial charge is 0.0343 e. The first kappa shape index (κ1) is 12.6. The van der Waals surface area contributed by atoms with Gasteiger partial charge in [0.1, 0.15) is 0 Å². The van der Waals surface area contributed by atoms with Crippen LogP contribution in [0.2, 0.25) is 0 Å². The first-order valence-electron chi connectivity index (χ1n) is 6.62. The lowest BCUT2D eigenvalue weighted by atomic mass is 9.94. The maximum absolute atomic E-state index is 4.18. The summed E-state index contributed by atoms with van der Waals surface area (Å²) >= 11 is 0. The molecule has 2 aromatic rings. The van der Waals surface area contributed by atoms with E-state index in [9.17, 15) is 0 Å². The van der Waals surface area contributed by atoms with Crippen LogP contribution in [0.3, 0.4) is 0 Å². The Morgan fingerprint density at radius 3 is 2.33 bits per heavy atom. The normalized spacial score (nSPS) is 12.3. The largest absolute Gasteiger partial charge is 0.264 e. The van der Waals surface area contributed by atoms with Crippen molar-refractivity contribution in [2.24, 2.45) is 0 Å². The van der Waals surface area contributed by atoms with Crippen molar-refractivity contribution in [3.8, 4) is 0 Å². The molecule has 0 fully saturated rings. The first-order valence-corrected chi connectivity index (χ1v) is 6.62. The van der Waals surface area contributed by atoms with Gasteiger partial charge in [-0.2, -0.15) is 0 Å². The highest BCUT2D eigenvalue weighted by atomic mass is 14.6. The predicted molar refractivity (Wildman–Crippen MR) is 78.4 cm³/mol. The lowest BCUT2D eigenvalue weighted by Gasteiger charge is -2.11. The van der Waals surface area contributed by atoms with Crippen molar-refractivity contribution >= 4 is 12.2 Å². The molecular weight excluding hydrogens is 218 g/mol. The van der Waals surface area contributed by atoms with E-state index in [4.69, 9.17) is 0 Å². The van der Waals surface area contributed by atoms with Crippen LogP contribution in [0.15, 0.2) is 42.7 Å². The molecule has 0 atom stereocenters. The molecule has 3 rings (SSSR count). The molecule has 0 saturated carbocycles. The fourth-order valence-corrected chi connectivity index (χ4v) is 2.19. The Hall–Kier alpha value is -1.89. The van der Waals surface area contributed by atoms with Gasteiger partial charge in [-0.25, -0.2) is 0 Å². The predicted octanol–water partition coefficient (Wildman–Crippen LogP) is 4.38. The lowest BCUT2D eigenvalue weighted by molar-refractivity contribution is 0.947. The molecule has 0 amide bonds. The zero-order chi connectivity index (χ0) is 12.8. The number of fused-ring (bicyclic) bond motifs is 2. The minimum absolute atomic E-state index is 1.10. The highest BCUT2D eigenvalue weighted by Gasteiger charge is 2.06. The molecule has 1 nitrogen and oxygen atoms in total. The molecule has 1 heteroatoms. The van der Waals surface area contributed by atoms with Crippen LogP contribution in [0.25, 0.3) is 12.2 Å². The Kier molecular flexibility index (Phi) is 4.30. The maximum Gasteiger partial charge on any atom is 0.0343 e. The molecular formula is C17H19N. The summed E-state index contributed by atoms with van der Waals surface area (Å²) in [7, 11) is 0. The Labute approximate surface area is 109 Å². The molecule has 1 aromatic heterocycles. The van der Waals surface area contributed by atoms with E-state index in [1.54, 1.807) is 0 Å². The lowest BCUT2D eigenvalue weighted by Crippen LogP contribution is -1.99. The van der Waals surface area contributed by atoms with Crippen LogP contribution >= 0.6 is 0 Å². The van der Waals surface area contributed by atoms with Crippen LogP contribution in [-0.4, -0.2) is 4.98 Å². The van der Waals surface area contributed by atoms with Crippen molar-refractivity contribution in [2.75, 3.05) is 0 Å². The quantitative estimate of drug-likeness (QED) is 0.662. The number of hydrogen-bond donors (Lipinski definition) is 0. The third-order valence-corrected chi connectivity index (χ3v) is 3.11. The van der Waals surface area contributed by atoms with Gasteiger partial charge in [0.25, 0.3) is 0 Å². The molecule has 18 heavy (non-hydrogen) atoms. The van der Waals surface area contributed by atoms with E-state index in [2.05, 4.69) is 47.5 Å². The highest BCUT2D eigenvalue weighted by molar-refractivity contribution is 5.73. The van der Waals surface area contributed by atoms with Gasteiger partial charge in [-0.05, 0) is 41.2 Å². The van der Waals surface area contributed by atoms with Crippen molar-refractivity contribution < 1.29 is 0 Å². The van der Waals surface area contributed by atoms with E-state index >= 15 is 0 Å². The summed E-state index contributed by atoms with van der Waals surface area (Å²) < 4.78 is 0. The van der Waals surface area contributed by atoms with Gasteiger partial charge in [0.2, 0.25) is 0 Å². The molecule has 0 bridgehead atoms. The molecule has 0 aliphatic heterocycles. The summed E-state index contributed by atoms with van der Waals surface area (Å²) in [6.45, 7) is 4.00. The second kappa shape index (κ2) is 6.15. The van der Waals surface area contributed by atoms with Gasteiger partial charge in [0, 0.05) is 12.4 Å². The standard InChI is InChI=1S/C15H13N.C2H6/c1-2-4-13-7-8-15-11-16-10-9-14(15)6-5-12(13)3-1;1-2/h1-4,7-11H,5-6H2;1-2H3. The van der Waals surface area contributed by atoms with Crippen molar-refractivity contribution in [3.05, 3.63) is 65.0 Å². The average Bonchev–Trinajstić information content (AvgIpc) is 2.44. The molecule has 0 N–H and O–H groups in total. The Bertz CT molecular complexity index is 491. The third kappa shape index (κ3) is 2.67. The summed E-state index contributed by atoms with van der Waals surface area (Å²) in [5.74, 6) is 0. The first-order chi connectivity index (χ1) is 8.93. The van der Waals surface area contributed by atoms with Crippen molar-refractivity contribution in [1.82, 2.24) is 4.98 Å². The number of hydrogen-bond acceptors (Lipinski definition) is 1. The second-order valence-electron chi connectivity index (χ2n) is 4.11. The molecule has 0 saturated heterocycles. The number of rotatable bonds is 0. The zero-order valence-corrected chi connectivity index (χ0v) is 11.1. The molecule has 0 unspecified atom stereocenters. The van der Waals surface area contributed by atoms with Crippen molar-refractivity contribution in [2.45, 2.75) is 26.7 Å². The van der Waals surface area contributed by atoms with Gasteiger partial charge in [-0.3, -0.25) is 4.98 Å². The van der Waals surface area contributed by atoms with Gasteiger partial charge in [-0.1, -0.05) is 50.3 Å².